The average molecular weight is 375 g/mol. The summed E-state index contributed by atoms with van der Waals surface area (Å²) < 4.78 is 6.44. The van der Waals surface area contributed by atoms with Crippen molar-refractivity contribution in [3.8, 4) is 0 Å². The minimum Gasteiger partial charge on any atom is -0.384 e. The first kappa shape index (κ1) is 16.9. The molecule has 21 heavy (non-hydrogen) atoms. The largest absolute Gasteiger partial charge is 0.384 e. The van der Waals surface area contributed by atoms with Crippen LogP contribution in [0.25, 0.3) is 0 Å². The van der Waals surface area contributed by atoms with Crippen LogP contribution in [0.5, 0.6) is 0 Å². The van der Waals surface area contributed by atoms with Gasteiger partial charge in [-0.1, -0.05) is 0 Å². The Balaban J connectivity index is 1.92. The number of carbonyl (C=O) groups excluding carboxylic acids is 1. The number of ether oxygens (including phenoxy) is 1. The Morgan fingerprint density at radius 2 is 2.24 bits per heavy atom. The van der Waals surface area contributed by atoms with Crippen LogP contribution in [0.4, 0.5) is 0 Å². The van der Waals surface area contributed by atoms with Gasteiger partial charge in [0.15, 0.2) is 0 Å². The molecule has 1 atom stereocenters. The third-order valence-electron chi connectivity index (χ3n) is 4.17. The van der Waals surface area contributed by atoms with Gasteiger partial charge < -0.3 is 15.4 Å². The van der Waals surface area contributed by atoms with Crippen LogP contribution in [0.2, 0.25) is 0 Å². The van der Waals surface area contributed by atoms with Gasteiger partial charge in [-0.25, -0.2) is 0 Å². The van der Waals surface area contributed by atoms with Gasteiger partial charge in [-0.15, -0.1) is 11.3 Å². The van der Waals surface area contributed by atoms with E-state index in [9.17, 15) is 4.79 Å². The number of methoxy groups -OCH3 is 1. The maximum absolute atomic E-state index is 12.4. The van der Waals surface area contributed by atoms with E-state index in [-0.39, 0.29) is 17.2 Å². The molecule has 2 N–H and O–H groups in total. The Bertz CT molecular complexity index is 466. The highest BCUT2D eigenvalue weighted by molar-refractivity contribution is 9.11. The van der Waals surface area contributed by atoms with Crippen LogP contribution in [0.15, 0.2) is 15.9 Å². The van der Waals surface area contributed by atoms with Crippen LogP contribution in [-0.4, -0.2) is 39.3 Å². The summed E-state index contributed by atoms with van der Waals surface area (Å²) in [5, 5.41) is 6.50. The van der Waals surface area contributed by atoms with Crippen LogP contribution in [0, 0.1) is 5.41 Å². The molecule has 1 aromatic heterocycles. The quantitative estimate of drug-likeness (QED) is 0.804. The standard InChI is InChI=1S/C15H23BrN2O2S/c1-11(12-3-4-13(16)21-12)14(19)18-9-15(10-20-2)5-7-17-8-6-15/h3-4,11,17H,5-10H2,1-2H3,(H,18,19). The summed E-state index contributed by atoms with van der Waals surface area (Å²) in [6, 6.07) is 4.00. The zero-order valence-corrected chi connectivity index (χ0v) is 15.0. The topological polar surface area (TPSA) is 50.4 Å². The van der Waals surface area contributed by atoms with Crippen molar-refractivity contribution in [3.63, 3.8) is 0 Å². The number of rotatable bonds is 6. The van der Waals surface area contributed by atoms with Crippen LogP contribution in [0.3, 0.4) is 0 Å². The molecular formula is C15H23BrN2O2S. The highest BCUT2D eigenvalue weighted by Gasteiger charge is 2.33. The van der Waals surface area contributed by atoms with Crippen molar-refractivity contribution in [1.82, 2.24) is 10.6 Å². The summed E-state index contributed by atoms with van der Waals surface area (Å²) in [5.74, 6) is -0.0130. The van der Waals surface area contributed by atoms with Gasteiger partial charge in [0.1, 0.15) is 0 Å². The van der Waals surface area contributed by atoms with E-state index in [1.807, 2.05) is 19.1 Å². The van der Waals surface area contributed by atoms with E-state index in [2.05, 4.69) is 26.6 Å². The molecule has 0 saturated carbocycles. The monoisotopic (exact) mass is 374 g/mol. The van der Waals surface area contributed by atoms with Crippen molar-refractivity contribution in [2.75, 3.05) is 33.4 Å². The number of thiophene rings is 1. The van der Waals surface area contributed by atoms with Gasteiger partial charge in [0, 0.05) is 23.9 Å². The van der Waals surface area contributed by atoms with Gasteiger partial charge in [-0.2, -0.15) is 0 Å². The number of halogens is 1. The summed E-state index contributed by atoms with van der Waals surface area (Å²) >= 11 is 5.06. The summed E-state index contributed by atoms with van der Waals surface area (Å²) in [7, 11) is 1.73. The van der Waals surface area contributed by atoms with Crippen LogP contribution >= 0.6 is 27.3 Å². The fourth-order valence-corrected chi connectivity index (χ4v) is 4.23. The SMILES string of the molecule is COCC1(CNC(=O)C(C)c2ccc(Br)s2)CCNCC1. The molecule has 2 rings (SSSR count). The molecule has 0 radical (unpaired) electrons. The molecule has 6 heteroatoms. The molecule has 1 saturated heterocycles. The lowest BCUT2D eigenvalue weighted by Gasteiger charge is -2.37. The molecule has 0 bridgehead atoms. The van der Waals surface area contributed by atoms with Gasteiger partial charge in [-0.05, 0) is 60.9 Å². The fourth-order valence-electron chi connectivity index (χ4n) is 2.75. The normalized spacial score (nSPS) is 19.2. The van der Waals surface area contributed by atoms with E-state index in [4.69, 9.17) is 4.74 Å². The lowest BCUT2D eigenvalue weighted by molar-refractivity contribution is -0.123. The van der Waals surface area contributed by atoms with E-state index in [1.165, 1.54) is 0 Å². The van der Waals surface area contributed by atoms with E-state index in [0.29, 0.717) is 13.2 Å². The predicted molar refractivity (Wildman–Crippen MR) is 89.9 cm³/mol. The highest BCUT2D eigenvalue weighted by Crippen LogP contribution is 2.30. The lowest BCUT2D eigenvalue weighted by Crippen LogP contribution is -2.47. The molecule has 1 fully saturated rings. The Kier molecular flexibility index (Phi) is 6.22. The highest BCUT2D eigenvalue weighted by atomic mass is 79.9. The summed E-state index contributed by atoms with van der Waals surface area (Å²) in [6.07, 6.45) is 2.08. The van der Waals surface area contributed by atoms with Crippen molar-refractivity contribution in [3.05, 3.63) is 20.8 Å². The second kappa shape index (κ2) is 7.72. The maximum atomic E-state index is 12.4. The number of carbonyl (C=O) groups is 1. The molecule has 1 aliphatic rings. The number of hydrogen-bond acceptors (Lipinski definition) is 4. The Labute approximate surface area is 138 Å². The van der Waals surface area contributed by atoms with Gasteiger partial charge >= 0.3 is 0 Å². The molecule has 0 aliphatic carbocycles. The minimum absolute atomic E-state index is 0.0748. The molecule has 2 heterocycles. The molecule has 4 nitrogen and oxygen atoms in total. The molecular weight excluding hydrogens is 352 g/mol. The second-order valence-corrected chi connectivity index (χ2v) is 8.26. The van der Waals surface area contributed by atoms with Gasteiger partial charge in [0.2, 0.25) is 5.91 Å². The zero-order valence-electron chi connectivity index (χ0n) is 12.6. The zero-order chi connectivity index (χ0) is 15.3. The molecule has 118 valence electrons. The number of piperidine rings is 1. The second-order valence-electron chi connectivity index (χ2n) is 5.76. The average Bonchev–Trinajstić information content (AvgIpc) is 2.92. The number of hydrogen-bond donors (Lipinski definition) is 2. The van der Waals surface area contributed by atoms with Crippen molar-refractivity contribution in [2.24, 2.45) is 5.41 Å². The molecule has 0 aromatic carbocycles. The fraction of sp³-hybridized carbons (Fsp3) is 0.667. The Morgan fingerprint density at radius 1 is 1.52 bits per heavy atom. The lowest BCUT2D eigenvalue weighted by atomic mass is 9.79. The van der Waals surface area contributed by atoms with Crippen molar-refractivity contribution in [1.29, 1.82) is 0 Å². The van der Waals surface area contributed by atoms with Gasteiger partial charge in [0.25, 0.3) is 0 Å². The minimum atomic E-state index is -0.109. The van der Waals surface area contributed by atoms with E-state index < -0.39 is 0 Å². The molecule has 1 aromatic rings. The van der Waals surface area contributed by atoms with E-state index in [0.717, 1.165) is 34.6 Å². The van der Waals surface area contributed by atoms with Gasteiger partial charge in [0.05, 0.1) is 16.3 Å². The van der Waals surface area contributed by atoms with Gasteiger partial charge in [-0.3, -0.25) is 4.79 Å². The smallest absolute Gasteiger partial charge is 0.228 e. The van der Waals surface area contributed by atoms with Crippen molar-refractivity contribution < 1.29 is 9.53 Å². The van der Waals surface area contributed by atoms with Crippen molar-refractivity contribution >= 4 is 33.2 Å². The Hall–Kier alpha value is -0.430. The summed E-state index contributed by atoms with van der Waals surface area (Å²) in [5.41, 5.74) is 0.0748. The van der Waals surface area contributed by atoms with E-state index >= 15 is 0 Å². The van der Waals surface area contributed by atoms with Crippen molar-refractivity contribution in [2.45, 2.75) is 25.7 Å². The maximum Gasteiger partial charge on any atom is 0.228 e. The van der Waals surface area contributed by atoms with Crippen LogP contribution in [0.1, 0.15) is 30.6 Å². The Morgan fingerprint density at radius 3 is 2.81 bits per heavy atom. The summed E-state index contributed by atoms with van der Waals surface area (Å²) in [4.78, 5) is 13.5. The first-order valence-electron chi connectivity index (χ1n) is 7.29. The van der Waals surface area contributed by atoms with Crippen LogP contribution in [-0.2, 0) is 9.53 Å². The molecule has 1 aliphatic heterocycles. The third-order valence-corrected chi connectivity index (χ3v) is 5.97. The number of nitrogens with one attached hydrogen (secondary N) is 2. The predicted octanol–water partition coefficient (Wildman–Crippen LogP) is 2.75. The molecule has 0 spiro atoms. The molecule has 1 unspecified atom stereocenters. The first-order valence-corrected chi connectivity index (χ1v) is 8.90. The summed E-state index contributed by atoms with van der Waals surface area (Å²) in [6.45, 7) is 5.34. The van der Waals surface area contributed by atoms with E-state index in [1.54, 1.807) is 18.4 Å². The number of amides is 1. The van der Waals surface area contributed by atoms with Crippen LogP contribution < -0.4 is 10.6 Å². The third kappa shape index (κ3) is 4.52. The first-order chi connectivity index (χ1) is 10.1. The molecule has 1 amide bonds.